The summed E-state index contributed by atoms with van der Waals surface area (Å²) in [6.45, 7) is 0. The van der Waals surface area contributed by atoms with E-state index >= 15 is 0 Å². The molecule has 0 radical (unpaired) electrons. The van der Waals surface area contributed by atoms with Crippen LogP contribution in [0.25, 0.3) is 0 Å². The van der Waals surface area contributed by atoms with Gasteiger partial charge in [-0.1, -0.05) is 23.7 Å². The van der Waals surface area contributed by atoms with Crippen molar-refractivity contribution in [1.82, 2.24) is 0 Å². The van der Waals surface area contributed by atoms with Gasteiger partial charge in [-0.15, -0.1) is 0 Å². The monoisotopic (exact) mass is 164 g/mol. The van der Waals surface area contributed by atoms with Crippen LogP contribution in [0.5, 0.6) is 0 Å². The van der Waals surface area contributed by atoms with Crippen LogP contribution in [0, 0.1) is 0 Å². The molecular weight excluding hydrogens is 158 g/mol. The maximum absolute atomic E-state index is 10.3. The summed E-state index contributed by atoms with van der Waals surface area (Å²) in [4.78, 5) is 10.3. The number of aromatic carboxylic acids is 1. The Morgan fingerprint density at radius 2 is 2.00 bits per heavy atom. The summed E-state index contributed by atoms with van der Waals surface area (Å²) in [5, 5.41) is 8.75. The molecule has 0 unspecified atom stereocenters. The summed E-state index contributed by atoms with van der Waals surface area (Å²) >= 11 is 5.54. The molecule has 0 saturated carbocycles. The van der Waals surface area contributed by atoms with E-state index in [0.29, 0.717) is 0 Å². The first-order valence-corrected chi connectivity index (χ1v) is 3.07. The SMILES string of the molecule is O=C(O)c1ccccc1Cl.[H-].[Li+]. The van der Waals surface area contributed by atoms with Crippen molar-refractivity contribution in [3.05, 3.63) is 34.9 Å². The molecule has 0 heterocycles. The van der Waals surface area contributed by atoms with E-state index in [1.54, 1.807) is 18.2 Å². The van der Waals surface area contributed by atoms with Gasteiger partial charge in [0, 0.05) is 0 Å². The second-order valence-corrected chi connectivity index (χ2v) is 2.19. The molecule has 0 aliphatic rings. The third kappa shape index (κ3) is 2.59. The molecule has 0 amide bonds. The van der Waals surface area contributed by atoms with Gasteiger partial charge in [0.15, 0.2) is 0 Å². The molecule has 0 aliphatic carbocycles. The summed E-state index contributed by atoms with van der Waals surface area (Å²) in [6, 6.07) is 6.33. The van der Waals surface area contributed by atoms with Crippen molar-refractivity contribution >= 4 is 17.6 Å². The standard InChI is InChI=1S/C7H5ClO2.Li.H/c8-6-4-2-1-3-5(6)7(9)10;;/h1-4H,(H,9,10);;/q;+1;-1. The van der Waals surface area contributed by atoms with Crippen LogP contribution in [0.2, 0.25) is 5.02 Å². The van der Waals surface area contributed by atoms with Crippen LogP contribution in [0.3, 0.4) is 0 Å². The number of benzene rings is 1. The zero-order valence-electron chi connectivity index (χ0n) is 7.04. The molecule has 4 heteroatoms. The molecule has 1 N–H and O–H groups in total. The Balaban J connectivity index is 0. The van der Waals surface area contributed by atoms with Gasteiger partial charge in [0.05, 0.1) is 10.6 Å². The van der Waals surface area contributed by atoms with Crippen molar-refractivity contribution in [2.45, 2.75) is 0 Å². The van der Waals surface area contributed by atoms with Gasteiger partial charge < -0.3 is 6.53 Å². The van der Waals surface area contributed by atoms with Crippen molar-refractivity contribution in [1.29, 1.82) is 0 Å². The molecular formula is C7H6ClLiO2. The smallest absolute Gasteiger partial charge is 1.00 e. The molecule has 2 nitrogen and oxygen atoms in total. The van der Waals surface area contributed by atoms with Gasteiger partial charge in [0.2, 0.25) is 0 Å². The van der Waals surface area contributed by atoms with Gasteiger partial charge in [0.1, 0.15) is 0 Å². The summed E-state index contributed by atoms with van der Waals surface area (Å²) < 4.78 is 0. The minimum atomic E-state index is -0.995. The minimum absolute atomic E-state index is 0. The quantitative estimate of drug-likeness (QED) is 0.550. The van der Waals surface area contributed by atoms with Crippen molar-refractivity contribution in [2.24, 2.45) is 0 Å². The molecule has 0 bridgehead atoms. The summed E-state index contributed by atoms with van der Waals surface area (Å²) in [5.41, 5.74) is 0.143. The minimum Gasteiger partial charge on any atom is -1.00 e. The number of carboxylic acids is 1. The zero-order valence-corrected chi connectivity index (χ0v) is 6.80. The normalized spacial score (nSPS) is 8.45. The van der Waals surface area contributed by atoms with E-state index in [-0.39, 0.29) is 30.9 Å². The molecule has 54 valence electrons. The largest absolute Gasteiger partial charge is 1.00 e. The van der Waals surface area contributed by atoms with Crippen LogP contribution in [-0.2, 0) is 0 Å². The fourth-order valence-corrected chi connectivity index (χ4v) is 0.851. The number of carbonyl (C=O) groups is 1. The van der Waals surface area contributed by atoms with Crippen LogP contribution in [0.1, 0.15) is 11.8 Å². The van der Waals surface area contributed by atoms with Gasteiger partial charge in [-0.05, 0) is 12.1 Å². The predicted octanol–water partition coefficient (Wildman–Crippen LogP) is -0.845. The summed E-state index contributed by atoms with van der Waals surface area (Å²) in [7, 11) is 0. The van der Waals surface area contributed by atoms with E-state index in [9.17, 15) is 4.79 Å². The van der Waals surface area contributed by atoms with Crippen molar-refractivity contribution in [2.75, 3.05) is 0 Å². The fraction of sp³-hybridized carbons (Fsp3) is 0. The van der Waals surface area contributed by atoms with Crippen LogP contribution in [0.15, 0.2) is 24.3 Å². The first-order valence-electron chi connectivity index (χ1n) is 2.69. The third-order valence-corrected chi connectivity index (χ3v) is 1.43. The second-order valence-electron chi connectivity index (χ2n) is 1.78. The van der Waals surface area contributed by atoms with Crippen molar-refractivity contribution in [3.8, 4) is 0 Å². The van der Waals surface area contributed by atoms with Crippen LogP contribution in [0.4, 0.5) is 0 Å². The average Bonchev–Trinajstić information content (AvgIpc) is 1.88. The topological polar surface area (TPSA) is 37.3 Å². The molecule has 0 spiro atoms. The van der Waals surface area contributed by atoms with Crippen molar-refractivity contribution in [3.63, 3.8) is 0 Å². The van der Waals surface area contributed by atoms with Gasteiger partial charge in [-0.3, -0.25) is 0 Å². The average molecular weight is 165 g/mol. The molecule has 0 fully saturated rings. The van der Waals surface area contributed by atoms with Gasteiger partial charge in [-0.2, -0.15) is 0 Å². The van der Waals surface area contributed by atoms with E-state index in [0.717, 1.165) is 0 Å². The Morgan fingerprint density at radius 3 is 2.36 bits per heavy atom. The van der Waals surface area contributed by atoms with Crippen LogP contribution >= 0.6 is 11.6 Å². The molecule has 0 atom stereocenters. The number of rotatable bonds is 1. The van der Waals surface area contributed by atoms with Gasteiger partial charge in [-0.25, -0.2) is 4.79 Å². The Kier molecular flexibility index (Phi) is 4.28. The fourth-order valence-electron chi connectivity index (χ4n) is 0.635. The number of hydrogen-bond donors (Lipinski definition) is 1. The van der Waals surface area contributed by atoms with E-state index in [4.69, 9.17) is 16.7 Å². The predicted molar refractivity (Wildman–Crippen MR) is 39.5 cm³/mol. The molecule has 1 aromatic carbocycles. The van der Waals surface area contributed by atoms with Crippen LogP contribution < -0.4 is 18.9 Å². The number of carboxylic acid groups (broad SMARTS) is 1. The Hall–Kier alpha value is -0.423. The van der Waals surface area contributed by atoms with Crippen molar-refractivity contribution < 1.29 is 30.2 Å². The van der Waals surface area contributed by atoms with E-state index in [1.807, 2.05) is 0 Å². The summed E-state index contributed by atoms with van der Waals surface area (Å²) in [6.07, 6.45) is 0. The Bertz CT molecular complexity index is 267. The number of hydrogen-bond acceptors (Lipinski definition) is 1. The molecule has 11 heavy (non-hydrogen) atoms. The number of halogens is 1. The van der Waals surface area contributed by atoms with Gasteiger partial charge in [0.25, 0.3) is 0 Å². The summed E-state index contributed by atoms with van der Waals surface area (Å²) in [5.74, 6) is -0.995. The molecule has 0 aliphatic heterocycles. The second kappa shape index (κ2) is 4.45. The molecule has 1 aromatic rings. The van der Waals surface area contributed by atoms with E-state index < -0.39 is 5.97 Å². The first-order chi connectivity index (χ1) is 4.72. The van der Waals surface area contributed by atoms with E-state index in [2.05, 4.69) is 0 Å². The Labute approximate surface area is 82.8 Å². The third-order valence-electron chi connectivity index (χ3n) is 1.10. The van der Waals surface area contributed by atoms with E-state index in [1.165, 1.54) is 6.07 Å². The maximum Gasteiger partial charge on any atom is 1.00 e. The molecule has 0 aromatic heterocycles. The van der Waals surface area contributed by atoms with Gasteiger partial charge >= 0.3 is 24.8 Å². The molecule has 1 rings (SSSR count). The molecule has 0 saturated heterocycles. The first kappa shape index (κ1) is 10.6. The maximum atomic E-state index is 10.3. The zero-order chi connectivity index (χ0) is 7.56. The van der Waals surface area contributed by atoms with Crippen LogP contribution in [-0.4, -0.2) is 11.1 Å². The Morgan fingerprint density at radius 1 is 1.45 bits per heavy atom.